The fraction of sp³-hybridized carbons (Fsp3) is 0.200. The van der Waals surface area contributed by atoms with Crippen molar-refractivity contribution in [2.24, 2.45) is 0 Å². The molecular formula is C5H5F3N4O. The minimum atomic E-state index is -4.93. The highest BCUT2D eigenvalue weighted by Crippen LogP contribution is 2.19. The Labute approximate surface area is 70.1 Å². The Morgan fingerprint density at radius 3 is 2.62 bits per heavy atom. The number of anilines is 2. The summed E-state index contributed by atoms with van der Waals surface area (Å²) in [5, 5.41) is 6.95. The van der Waals surface area contributed by atoms with Crippen LogP contribution in [-0.2, 0) is 4.79 Å². The van der Waals surface area contributed by atoms with Gasteiger partial charge in [-0.3, -0.25) is 9.89 Å². The number of hydrogen-bond donors (Lipinski definition) is 3. The van der Waals surface area contributed by atoms with Gasteiger partial charge in [0, 0.05) is 0 Å². The van der Waals surface area contributed by atoms with Crippen molar-refractivity contribution < 1.29 is 18.0 Å². The first-order valence-electron chi connectivity index (χ1n) is 3.08. The molecule has 0 spiro atoms. The summed E-state index contributed by atoms with van der Waals surface area (Å²) in [6.07, 6.45) is -3.84. The van der Waals surface area contributed by atoms with Crippen LogP contribution in [0.15, 0.2) is 6.20 Å². The molecule has 1 aromatic rings. The number of alkyl halides is 3. The van der Waals surface area contributed by atoms with E-state index in [1.165, 1.54) is 5.32 Å². The van der Waals surface area contributed by atoms with Crippen LogP contribution in [0.25, 0.3) is 0 Å². The van der Waals surface area contributed by atoms with Gasteiger partial charge in [-0.25, -0.2) is 0 Å². The lowest BCUT2D eigenvalue weighted by molar-refractivity contribution is -0.167. The molecule has 0 unspecified atom stereocenters. The molecule has 0 aliphatic carbocycles. The summed E-state index contributed by atoms with van der Waals surface area (Å²) >= 11 is 0. The molecule has 0 saturated carbocycles. The molecule has 4 N–H and O–H groups in total. The Kier molecular flexibility index (Phi) is 2.13. The predicted molar refractivity (Wildman–Crippen MR) is 37.7 cm³/mol. The molecule has 1 heterocycles. The van der Waals surface area contributed by atoms with Crippen LogP contribution < -0.4 is 11.1 Å². The Hall–Kier alpha value is -1.73. The molecular weight excluding hydrogens is 189 g/mol. The zero-order valence-electron chi connectivity index (χ0n) is 6.14. The van der Waals surface area contributed by atoms with Gasteiger partial charge in [0.25, 0.3) is 0 Å². The monoisotopic (exact) mass is 194 g/mol. The first kappa shape index (κ1) is 9.36. The van der Waals surface area contributed by atoms with Crippen LogP contribution >= 0.6 is 0 Å². The van der Waals surface area contributed by atoms with Crippen molar-refractivity contribution in [3.05, 3.63) is 6.20 Å². The van der Waals surface area contributed by atoms with E-state index in [4.69, 9.17) is 5.73 Å². The highest BCUT2D eigenvalue weighted by molar-refractivity contribution is 5.96. The number of nitrogens with two attached hydrogens (primary N) is 1. The van der Waals surface area contributed by atoms with Gasteiger partial charge in [-0.05, 0) is 0 Å². The molecule has 1 aromatic heterocycles. The molecule has 0 aliphatic heterocycles. The van der Waals surface area contributed by atoms with E-state index in [9.17, 15) is 18.0 Å². The number of hydrogen-bond acceptors (Lipinski definition) is 3. The molecule has 72 valence electrons. The molecule has 1 amide bonds. The quantitative estimate of drug-likeness (QED) is 0.608. The van der Waals surface area contributed by atoms with Gasteiger partial charge in [0.2, 0.25) is 0 Å². The van der Waals surface area contributed by atoms with Gasteiger partial charge < -0.3 is 11.1 Å². The Morgan fingerprint density at radius 2 is 2.23 bits per heavy atom. The van der Waals surface area contributed by atoms with E-state index in [2.05, 4.69) is 10.2 Å². The highest BCUT2D eigenvalue weighted by atomic mass is 19.4. The van der Waals surface area contributed by atoms with Gasteiger partial charge in [0.05, 0.1) is 11.9 Å². The summed E-state index contributed by atoms with van der Waals surface area (Å²) in [4.78, 5) is 10.3. The maximum absolute atomic E-state index is 11.7. The van der Waals surface area contributed by atoms with Crippen molar-refractivity contribution >= 4 is 17.4 Å². The van der Waals surface area contributed by atoms with Crippen molar-refractivity contribution in [1.82, 2.24) is 10.2 Å². The topological polar surface area (TPSA) is 83.8 Å². The van der Waals surface area contributed by atoms with E-state index < -0.39 is 12.1 Å². The van der Waals surface area contributed by atoms with Gasteiger partial charge in [-0.15, -0.1) is 0 Å². The average Bonchev–Trinajstić information content (AvgIpc) is 2.34. The second-order valence-electron chi connectivity index (χ2n) is 2.15. The number of rotatable bonds is 1. The van der Waals surface area contributed by atoms with Crippen molar-refractivity contribution in [1.29, 1.82) is 0 Å². The van der Waals surface area contributed by atoms with Gasteiger partial charge in [0.1, 0.15) is 0 Å². The van der Waals surface area contributed by atoms with Gasteiger partial charge >= 0.3 is 12.1 Å². The van der Waals surface area contributed by atoms with Crippen LogP contribution in [0.5, 0.6) is 0 Å². The van der Waals surface area contributed by atoms with E-state index in [-0.39, 0.29) is 11.5 Å². The van der Waals surface area contributed by atoms with Crippen LogP contribution in [0, 0.1) is 0 Å². The minimum Gasteiger partial charge on any atom is -0.394 e. The van der Waals surface area contributed by atoms with Crippen molar-refractivity contribution in [3.8, 4) is 0 Å². The summed E-state index contributed by atoms with van der Waals surface area (Å²) < 4.78 is 35.1. The van der Waals surface area contributed by atoms with Crippen LogP contribution in [0.1, 0.15) is 0 Å². The molecule has 0 bridgehead atoms. The molecule has 0 radical (unpaired) electrons. The number of carbonyl (C=O) groups excluding carboxylic acids is 1. The van der Waals surface area contributed by atoms with Crippen molar-refractivity contribution in [3.63, 3.8) is 0 Å². The SMILES string of the molecule is Nc1cn[nH]c1NC(=O)C(F)(F)F. The molecule has 0 fully saturated rings. The highest BCUT2D eigenvalue weighted by Gasteiger charge is 2.39. The minimum absolute atomic E-state index is 0.0578. The van der Waals surface area contributed by atoms with Gasteiger partial charge in [0.15, 0.2) is 5.82 Å². The number of aromatic amines is 1. The predicted octanol–water partition coefficient (Wildman–Crippen LogP) is 0.493. The third-order valence-electron chi connectivity index (χ3n) is 1.16. The molecule has 1 rings (SSSR count). The number of H-pyrrole nitrogens is 1. The first-order chi connectivity index (χ1) is 5.91. The van der Waals surface area contributed by atoms with Gasteiger partial charge in [-0.1, -0.05) is 0 Å². The van der Waals surface area contributed by atoms with Crippen molar-refractivity contribution in [2.75, 3.05) is 11.1 Å². The normalized spacial score (nSPS) is 11.3. The molecule has 0 saturated heterocycles. The number of carbonyl (C=O) groups is 1. The van der Waals surface area contributed by atoms with Gasteiger partial charge in [-0.2, -0.15) is 18.3 Å². The first-order valence-corrected chi connectivity index (χ1v) is 3.08. The largest absolute Gasteiger partial charge is 0.471 e. The maximum atomic E-state index is 11.7. The zero-order valence-corrected chi connectivity index (χ0v) is 6.14. The number of halogens is 3. The molecule has 5 nitrogen and oxygen atoms in total. The number of nitrogens with zero attached hydrogens (tertiary/aromatic N) is 1. The lowest BCUT2D eigenvalue weighted by Crippen LogP contribution is -2.30. The van der Waals surface area contributed by atoms with E-state index in [1.54, 1.807) is 0 Å². The Morgan fingerprint density at radius 1 is 1.62 bits per heavy atom. The fourth-order valence-electron chi connectivity index (χ4n) is 0.580. The summed E-state index contributed by atoms with van der Waals surface area (Å²) in [6, 6.07) is 0. The number of aromatic nitrogens is 2. The van der Waals surface area contributed by atoms with Crippen LogP contribution in [-0.4, -0.2) is 22.3 Å². The van der Waals surface area contributed by atoms with Crippen LogP contribution in [0.4, 0.5) is 24.7 Å². The molecule has 0 atom stereocenters. The zero-order chi connectivity index (χ0) is 10.1. The summed E-state index contributed by atoms with van der Waals surface area (Å²) in [7, 11) is 0. The van der Waals surface area contributed by atoms with E-state index in [1.807, 2.05) is 0 Å². The number of amides is 1. The smallest absolute Gasteiger partial charge is 0.394 e. The maximum Gasteiger partial charge on any atom is 0.471 e. The standard InChI is InChI=1S/C5H5F3N4O/c6-5(7,8)4(13)11-3-2(9)1-10-12-3/h1H,9H2,(H2,10,11,12,13). The second-order valence-corrected chi connectivity index (χ2v) is 2.15. The van der Waals surface area contributed by atoms with Crippen LogP contribution in [0.2, 0.25) is 0 Å². The lowest BCUT2D eigenvalue weighted by atomic mass is 10.5. The summed E-state index contributed by atoms with van der Waals surface area (Å²) in [5.74, 6) is -2.36. The second kappa shape index (κ2) is 2.96. The fourth-order valence-corrected chi connectivity index (χ4v) is 0.580. The van der Waals surface area contributed by atoms with E-state index in [0.29, 0.717) is 0 Å². The third-order valence-corrected chi connectivity index (χ3v) is 1.16. The third kappa shape index (κ3) is 2.10. The molecule has 0 aromatic carbocycles. The Bertz CT molecular complexity index is 318. The molecule has 13 heavy (non-hydrogen) atoms. The molecule has 0 aliphatic rings. The lowest BCUT2D eigenvalue weighted by Gasteiger charge is -2.05. The Balaban J connectivity index is 2.71. The van der Waals surface area contributed by atoms with Crippen molar-refractivity contribution in [2.45, 2.75) is 6.18 Å². The average molecular weight is 194 g/mol. The number of nitrogen functional groups attached to an aromatic ring is 1. The van der Waals surface area contributed by atoms with E-state index in [0.717, 1.165) is 6.20 Å². The van der Waals surface area contributed by atoms with E-state index >= 15 is 0 Å². The molecule has 8 heteroatoms. The number of nitrogens with one attached hydrogen (secondary N) is 2. The summed E-state index contributed by atoms with van der Waals surface area (Å²) in [6.45, 7) is 0. The summed E-state index contributed by atoms with van der Waals surface area (Å²) in [5.41, 5.74) is 5.10. The van der Waals surface area contributed by atoms with Crippen LogP contribution in [0.3, 0.4) is 0 Å².